The second-order valence-corrected chi connectivity index (χ2v) is 6.03. The van der Waals surface area contributed by atoms with Gasteiger partial charge in [0.05, 0.1) is 5.56 Å². The van der Waals surface area contributed by atoms with E-state index in [-0.39, 0.29) is 23.1 Å². The molecule has 1 saturated carbocycles. The minimum atomic E-state index is -0.497. The van der Waals surface area contributed by atoms with E-state index >= 15 is 0 Å². The second kappa shape index (κ2) is 6.70. The van der Waals surface area contributed by atoms with Gasteiger partial charge in [0.25, 0.3) is 17.4 Å². The van der Waals surface area contributed by atoms with Crippen LogP contribution in [0.4, 0.5) is 0 Å². The van der Waals surface area contributed by atoms with Gasteiger partial charge in [0, 0.05) is 25.8 Å². The highest BCUT2D eigenvalue weighted by Crippen LogP contribution is 2.19. The summed E-state index contributed by atoms with van der Waals surface area (Å²) in [6, 6.07) is 11.1. The Morgan fingerprint density at radius 2 is 1.96 bits per heavy atom. The topological polar surface area (TPSA) is 82.3 Å². The van der Waals surface area contributed by atoms with Gasteiger partial charge in [0.15, 0.2) is 0 Å². The number of carbonyl (C=O) groups is 2. The van der Waals surface area contributed by atoms with E-state index in [1.807, 2.05) is 30.3 Å². The van der Waals surface area contributed by atoms with E-state index in [4.69, 9.17) is 0 Å². The summed E-state index contributed by atoms with van der Waals surface area (Å²) in [5.41, 5.74) is 0.727. The quantitative estimate of drug-likeness (QED) is 0.875. The van der Waals surface area contributed by atoms with E-state index < -0.39 is 11.5 Å². The Kier molecular flexibility index (Phi) is 4.46. The third-order valence-electron chi connectivity index (χ3n) is 3.92. The molecule has 1 aromatic heterocycles. The fourth-order valence-electron chi connectivity index (χ4n) is 2.40. The number of benzene rings is 1. The molecule has 1 aliphatic rings. The van der Waals surface area contributed by atoms with Crippen LogP contribution < -0.4 is 10.9 Å². The van der Waals surface area contributed by atoms with Gasteiger partial charge in [-0.2, -0.15) is 0 Å². The molecule has 24 heavy (non-hydrogen) atoms. The maximum absolute atomic E-state index is 12.6. The Hall–Kier alpha value is -2.89. The molecule has 0 unspecified atom stereocenters. The fraction of sp³-hybridized carbons (Fsp3) is 0.278. The third kappa shape index (κ3) is 3.71. The summed E-state index contributed by atoms with van der Waals surface area (Å²) >= 11 is 0. The molecule has 3 rings (SSSR count). The first-order valence-corrected chi connectivity index (χ1v) is 7.87. The fourth-order valence-corrected chi connectivity index (χ4v) is 2.40. The van der Waals surface area contributed by atoms with Gasteiger partial charge in [-0.3, -0.25) is 14.4 Å². The Morgan fingerprint density at radius 1 is 1.25 bits per heavy atom. The highest BCUT2D eigenvalue weighted by atomic mass is 16.2. The van der Waals surface area contributed by atoms with Crippen molar-refractivity contribution in [1.82, 2.24) is 15.2 Å². The van der Waals surface area contributed by atoms with E-state index in [9.17, 15) is 14.4 Å². The van der Waals surface area contributed by atoms with Gasteiger partial charge in [0.2, 0.25) is 0 Å². The number of pyridine rings is 1. The van der Waals surface area contributed by atoms with E-state index in [0.29, 0.717) is 6.54 Å². The Balaban J connectivity index is 1.77. The summed E-state index contributed by atoms with van der Waals surface area (Å²) in [7, 11) is 1.63. The van der Waals surface area contributed by atoms with Crippen LogP contribution in [0, 0.1) is 0 Å². The SMILES string of the molecule is CN(Cc1ccccc1)C(=O)c1cc(C(=O)NC2CC2)c[nH]c1=O. The van der Waals surface area contributed by atoms with Crippen molar-refractivity contribution in [2.24, 2.45) is 0 Å². The first kappa shape index (κ1) is 16.0. The first-order chi connectivity index (χ1) is 11.5. The second-order valence-electron chi connectivity index (χ2n) is 6.03. The lowest BCUT2D eigenvalue weighted by atomic mass is 10.1. The van der Waals surface area contributed by atoms with Crippen molar-refractivity contribution in [3.05, 3.63) is 69.6 Å². The number of aromatic nitrogens is 1. The molecule has 6 heteroatoms. The molecule has 0 saturated heterocycles. The van der Waals surface area contributed by atoms with Gasteiger partial charge < -0.3 is 15.2 Å². The molecule has 1 heterocycles. The van der Waals surface area contributed by atoms with Crippen LogP contribution in [-0.2, 0) is 6.54 Å². The molecule has 1 aliphatic carbocycles. The average Bonchev–Trinajstić information content (AvgIpc) is 3.39. The number of amides is 2. The van der Waals surface area contributed by atoms with E-state index in [1.54, 1.807) is 7.05 Å². The molecule has 0 bridgehead atoms. The van der Waals surface area contributed by atoms with E-state index in [0.717, 1.165) is 18.4 Å². The highest BCUT2D eigenvalue weighted by Gasteiger charge is 2.25. The number of nitrogens with one attached hydrogen (secondary N) is 2. The molecule has 2 amide bonds. The van der Waals surface area contributed by atoms with Gasteiger partial charge in [-0.05, 0) is 24.5 Å². The third-order valence-corrected chi connectivity index (χ3v) is 3.92. The molecule has 1 fully saturated rings. The molecule has 124 valence electrons. The van der Waals surface area contributed by atoms with Gasteiger partial charge in [-0.1, -0.05) is 30.3 Å². The molecule has 6 nitrogen and oxygen atoms in total. The number of carbonyl (C=O) groups excluding carboxylic acids is 2. The zero-order valence-electron chi connectivity index (χ0n) is 13.4. The van der Waals surface area contributed by atoms with Gasteiger partial charge in [-0.25, -0.2) is 0 Å². The highest BCUT2D eigenvalue weighted by molar-refractivity contribution is 5.99. The number of aromatic amines is 1. The van der Waals surface area contributed by atoms with Crippen molar-refractivity contribution in [2.45, 2.75) is 25.4 Å². The van der Waals surface area contributed by atoms with Crippen LogP contribution in [0.3, 0.4) is 0 Å². The molecule has 0 spiro atoms. The van der Waals surface area contributed by atoms with Crippen molar-refractivity contribution in [2.75, 3.05) is 7.05 Å². The summed E-state index contributed by atoms with van der Waals surface area (Å²) < 4.78 is 0. The lowest BCUT2D eigenvalue weighted by Gasteiger charge is -2.17. The molecule has 1 aromatic carbocycles. The number of hydrogen-bond acceptors (Lipinski definition) is 3. The smallest absolute Gasteiger partial charge is 0.260 e. The van der Waals surface area contributed by atoms with Gasteiger partial charge >= 0.3 is 0 Å². The summed E-state index contributed by atoms with van der Waals surface area (Å²) in [6.07, 6.45) is 3.29. The van der Waals surface area contributed by atoms with Crippen LogP contribution in [0.15, 0.2) is 47.4 Å². The standard InChI is InChI=1S/C18H19N3O3/c1-21(11-12-5-3-2-4-6-12)18(24)15-9-13(10-19-17(15)23)16(22)20-14-7-8-14/h2-6,9-10,14H,7-8,11H2,1H3,(H,19,23)(H,20,22). The van der Waals surface area contributed by atoms with E-state index in [1.165, 1.54) is 17.2 Å². The Bertz CT molecular complexity index is 810. The minimum Gasteiger partial charge on any atom is -0.349 e. The van der Waals surface area contributed by atoms with Crippen molar-refractivity contribution in [3.63, 3.8) is 0 Å². The molecular formula is C18H19N3O3. The number of nitrogens with zero attached hydrogens (tertiary/aromatic N) is 1. The minimum absolute atomic E-state index is 0.0307. The lowest BCUT2D eigenvalue weighted by molar-refractivity contribution is 0.0783. The largest absolute Gasteiger partial charge is 0.349 e. The summed E-state index contributed by atoms with van der Waals surface area (Å²) in [6.45, 7) is 0.387. The average molecular weight is 325 g/mol. The monoisotopic (exact) mass is 325 g/mol. The maximum atomic E-state index is 12.6. The van der Waals surface area contributed by atoms with Crippen LogP contribution in [0.25, 0.3) is 0 Å². The normalized spacial score (nSPS) is 13.4. The maximum Gasteiger partial charge on any atom is 0.260 e. The number of hydrogen-bond donors (Lipinski definition) is 2. The lowest BCUT2D eigenvalue weighted by Crippen LogP contribution is -2.33. The van der Waals surface area contributed by atoms with Crippen molar-refractivity contribution in [1.29, 1.82) is 0 Å². The summed E-state index contributed by atoms with van der Waals surface area (Å²) in [5, 5.41) is 2.84. The molecule has 2 aromatic rings. The van der Waals surface area contributed by atoms with Gasteiger partial charge in [-0.15, -0.1) is 0 Å². The first-order valence-electron chi connectivity index (χ1n) is 7.87. The molecule has 0 radical (unpaired) electrons. The Morgan fingerprint density at radius 3 is 2.62 bits per heavy atom. The van der Waals surface area contributed by atoms with Crippen molar-refractivity contribution < 1.29 is 9.59 Å². The molecule has 0 aliphatic heterocycles. The predicted octanol–water partition coefficient (Wildman–Crippen LogP) is 1.54. The van der Waals surface area contributed by atoms with E-state index in [2.05, 4.69) is 10.3 Å². The van der Waals surface area contributed by atoms with Crippen LogP contribution in [-0.4, -0.2) is 34.8 Å². The Labute approximate surface area is 139 Å². The zero-order valence-corrected chi connectivity index (χ0v) is 13.4. The van der Waals surface area contributed by atoms with Crippen LogP contribution in [0.1, 0.15) is 39.1 Å². The van der Waals surface area contributed by atoms with Crippen LogP contribution in [0.5, 0.6) is 0 Å². The molecule has 0 atom stereocenters. The van der Waals surface area contributed by atoms with Crippen molar-refractivity contribution in [3.8, 4) is 0 Å². The molecule has 2 N–H and O–H groups in total. The van der Waals surface area contributed by atoms with Crippen molar-refractivity contribution >= 4 is 11.8 Å². The van der Waals surface area contributed by atoms with Gasteiger partial charge in [0.1, 0.15) is 5.56 Å². The zero-order chi connectivity index (χ0) is 17.1. The summed E-state index contributed by atoms with van der Waals surface area (Å²) in [4.78, 5) is 40.6. The predicted molar refractivity (Wildman–Crippen MR) is 89.8 cm³/mol. The number of H-pyrrole nitrogens is 1. The summed E-state index contributed by atoms with van der Waals surface area (Å²) in [5.74, 6) is -0.685. The van der Waals surface area contributed by atoms with Crippen LogP contribution >= 0.6 is 0 Å². The molecular weight excluding hydrogens is 306 g/mol. The van der Waals surface area contributed by atoms with Crippen LogP contribution in [0.2, 0.25) is 0 Å². The number of rotatable bonds is 5.